The number of aromatic nitrogens is 4. The Bertz CT molecular complexity index is 499. The molecule has 68 valence electrons. The highest BCUT2D eigenvalue weighted by Gasteiger charge is 2.15. The molecule has 0 bridgehead atoms. The standard InChI is InChI=1S/C7H8N4O2/c1-11-6(12)4-5(9-3-8-4)10-7(11)13-2/h3H,1-2H3,(H,8,9)/p+1. The van der Waals surface area contributed by atoms with Crippen molar-refractivity contribution in [3.63, 3.8) is 0 Å². The van der Waals surface area contributed by atoms with Crippen molar-refractivity contribution in [1.82, 2.24) is 14.5 Å². The molecule has 2 rings (SSSR count). The Morgan fingerprint density at radius 1 is 1.69 bits per heavy atom. The van der Waals surface area contributed by atoms with Crippen molar-refractivity contribution in [3.05, 3.63) is 16.7 Å². The fraction of sp³-hybridized carbons (Fsp3) is 0.286. The lowest BCUT2D eigenvalue weighted by molar-refractivity contribution is -0.347. The van der Waals surface area contributed by atoms with Crippen LogP contribution in [-0.2, 0) is 7.05 Å². The molecule has 0 spiro atoms. The highest BCUT2D eigenvalue weighted by atomic mass is 16.5. The van der Waals surface area contributed by atoms with Crippen molar-refractivity contribution in [2.24, 2.45) is 7.05 Å². The summed E-state index contributed by atoms with van der Waals surface area (Å²) in [4.78, 5) is 21.2. The summed E-state index contributed by atoms with van der Waals surface area (Å²) >= 11 is 0. The average Bonchev–Trinajstić information content (AvgIpc) is 2.59. The van der Waals surface area contributed by atoms with Gasteiger partial charge in [-0.1, -0.05) is 0 Å². The number of aromatic amines is 2. The van der Waals surface area contributed by atoms with Crippen LogP contribution in [0.2, 0.25) is 0 Å². The third-order valence-corrected chi connectivity index (χ3v) is 1.86. The van der Waals surface area contributed by atoms with Crippen LogP contribution in [0.25, 0.3) is 11.2 Å². The summed E-state index contributed by atoms with van der Waals surface area (Å²) in [5.41, 5.74) is 0.784. The summed E-state index contributed by atoms with van der Waals surface area (Å²) in [7, 11) is 3.08. The first kappa shape index (κ1) is 7.78. The minimum Gasteiger partial charge on any atom is -0.456 e. The first-order valence-electron chi connectivity index (χ1n) is 3.74. The molecule has 0 aliphatic heterocycles. The minimum absolute atomic E-state index is 0.164. The highest BCUT2D eigenvalue weighted by Crippen LogP contribution is 2.04. The molecule has 2 aromatic heterocycles. The van der Waals surface area contributed by atoms with Crippen molar-refractivity contribution in [2.75, 3.05) is 7.11 Å². The van der Waals surface area contributed by atoms with Gasteiger partial charge >= 0.3 is 17.2 Å². The predicted octanol–water partition coefficient (Wildman–Crippen LogP) is -0.916. The lowest BCUT2D eigenvalue weighted by atomic mass is 10.5. The normalized spacial score (nSPS) is 10.6. The van der Waals surface area contributed by atoms with Gasteiger partial charge in [-0.15, -0.1) is 0 Å². The van der Waals surface area contributed by atoms with Gasteiger partial charge in [0, 0.05) is 7.05 Å². The second-order valence-corrected chi connectivity index (χ2v) is 2.62. The maximum absolute atomic E-state index is 11.6. The van der Waals surface area contributed by atoms with Crippen LogP contribution in [-0.4, -0.2) is 21.6 Å². The molecular formula is C7H9N4O2+. The van der Waals surface area contributed by atoms with E-state index in [4.69, 9.17) is 4.74 Å². The molecule has 0 saturated heterocycles. The Hall–Kier alpha value is -1.85. The van der Waals surface area contributed by atoms with Crippen LogP contribution in [0, 0.1) is 0 Å². The van der Waals surface area contributed by atoms with Gasteiger partial charge in [0.1, 0.15) is 0 Å². The number of hydrogen-bond acceptors (Lipinski definition) is 3. The SMILES string of the molecule is COc1nc2[nH+]c[nH]c2c(=O)n1C. The van der Waals surface area contributed by atoms with E-state index < -0.39 is 0 Å². The van der Waals surface area contributed by atoms with Crippen LogP contribution in [0.5, 0.6) is 6.01 Å². The lowest BCUT2D eigenvalue weighted by Gasteiger charge is -1.98. The summed E-state index contributed by atoms with van der Waals surface area (Å²) in [6.45, 7) is 0. The molecule has 6 nitrogen and oxygen atoms in total. The largest absolute Gasteiger partial charge is 0.456 e. The zero-order valence-corrected chi connectivity index (χ0v) is 7.29. The van der Waals surface area contributed by atoms with Gasteiger partial charge in [0.05, 0.1) is 7.11 Å². The van der Waals surface area contributed by atoms with E-state index in [1.54, 1.807) is 13.4 Å². The number of fused-ring (bicyclic) bond motifs is 1. The summed E-state index contributed by atoms with van der Waals surface area (Å²) in [5.74, 6) is 0. The van der Waals surface area contributed by atoms with Gasteiger partial charge in [0.2, 0.25) is 5.52 Å². The van der Waals surface area contributed by atoms with Crippen LogP contribution >= 0.6 is 0 Å². The minimum atomic E-state index is -0.164. The highest BCUT2D eigenvalue weighted by molar-refractivity contribution is 5.64. The second-order valence-electron chi connectivity index (χ2n) is 2.62. The molecule has 0 unspecified atom stereocenters. The van der Waals surface area contributed by atoms with Crippen LogP contribution < -0.4 is 15.3 Å². The predicted molar refractivity (Wildman–Crippen MR) is 44.4 cm³/mol. The van der Waals surface area contributed by atoms with Gasteiger partial charge in [-0.2, -0.15) is 0 Å². The smallest absolute Gasteiger partial charge is 0.377 e. The Balaban J connectivity index is 2.92. The number of H-pyrrole nitrogens is 2. The molecule has 2 aromatic rings. The van der Waals surface area contributed by atoms with Gasteiger partial charge in [-0.3, -0.25) is 9.78 Å². The molecule has 6 heteroatoms. The molecular weight excluding hydrogens is 172 g/mol. The molecule has 2 N–H and O–H groups in total. The number of hydrogen-bond donors (Lipinski definition) is 1. The number of nitrogens with one attached hydrogen (secondary N) is 2. The van der Waals surface area contributed by atoms with Crippen LogP contribution in [0.1, 0.15) is 0 Å². The fourth-order valence-corrected chi connectivity index (χ4v) is 1.18. The summed E-state index contributed by atoms with van der Waals surface area (Å²) < 4.78 is 6.26. The molecule has 0 atom stereocenters. The van der Waals surface area contributed by atoms with Crippen LogP contribution in [0.3, 0.4) is 0 Å². The Kier molecular flexibility index (Phi) is 1.54. The second kappa shape index (κ2) is 2.58. The summed E-state index contributed by atoms with van der Waals surface area (Å²) in [6, 6.07) is 0.286. The van der Waals surface area contributed by atoms with Crippen LogP contribution in [0.15, 0.2) is 11.1 Å². The van der Waals surface area contributed by atoms with Gasteiger partial charge in [0.25, 0.3) is 0 Å². The number of rotatable bonds is 1. The quantitative estimate of drug-likeness (QED) is 0.618. The van der Waals surface area contributed by atoms with Crippen molar-refractivity contribution in [2.45, 2.75) is 0 Å². The van der Waals surface area contributed by atoms with E-state index in [1.807, 2.05) is 0 Å². The van der Waals surface area contributed by atoms with Crippen molar-refractivity contribution in [3.8, 4) is 6.01 Å². The van der Waals surface area contributed by atoms with E-state index in [9.17, 15) is 4.79 Å². The average molecular weight is 181 g/mol. The number of imidazole rings is 1. The van der Waals surface area contributed by atoms with E-state index in [0.29, 0.717) is 11.2 Å². The van der Waals surface area contributed by atoms with Gasteiger partial charge in [-0.25, -0.2) is 9.55 Å². The molecule has 0 saturated carbocycles. The lowest BCUT2D eigenvalue weighted by Crippen LogP contribution is -2.21. The molecule has 0 aromatic carbocycles. The zero-order valence-electron chi connectivity index (χ0n) is 7.29. The Morgan fingerprint density at radius 3 is 3.15 bits per heavy atom. The van der Waals surface area contributed by atoms with Crippen molar-refractivity contribution in [1.29, 1.82) is 0 Å². The van der Waals surface area contributed by atoms with Gasteiger partial charge in [-0.05, 0) is 4.98 Å². The number of ether oxygens (including phenoxy) is 1. The number of methoxy groups -OCH3 is 1. The zero-order chi connectivity index (χ0) is 9.42. The first-order chi connectivity index (χ1) is 6.24. The fourth-order valence-electron chi connectivity index (χ4n) is 1.18. The molecule has 0 radical (unpaired) electrons. The monoisotopic (exact) mass is 181 g/mol. The van der Waals surface area contributed by atoms with E-state index in [0.717, 1.165) is 0 Å². The summed E-state index contributed by atoms with van der Waals surface area (Å²) in [5, 5.41) is 0. The Morgan fingerprint density at radius 2 is 2.46 bits per heavy atom. The molecule has 0 amide bonds. The summed E-state index contributed by atoms with van der Waals surface area (Å²) in [6.07, 6.45) is 1.55. The van der Waals surface area contributed by atoms with E-state index in [1.165, 1.54) is 11.7 Å². The van der Waals surface area contributed by atoms with E-state index in [2.05, 4.69) is 15.0 Å². The van der Waals surface area contributed by atoms with Gasteiger partial charge < -0.3 is 4.74 Å². The van der Waals surface area contributed by atoms with E-state index in [-0.39, 0.29) is 11.6 Å². The maximum atomic E-state index is 11.6. The topological polar surface area (TPSA) is 74.1 Å². The first-order valence-corrected chi connectivity index (χ1v) is 3.74. The third-order valence-electron chi connectivity index (χ3n) is 1.86. The van der Waals surface area contributed by atoms with E-state index >= 15 is 0 Å². The van der Waals surface area contributed by atoms with Crippen molar-refractivity contribution < 1.29 is 9.72 Å². The van der Waals surface area contributed by atoms with Gasteiger partial charge in [0.15, 0.2) is 6.33 Å². The van der Waals surface area contributed by atoms with Crippen molar-refractivity contribution >= 4 is 11.2 Å². The molecule has 13 heavy (non-hydrogen) atoms. The number of nitrogens with zero attached hydrogens (tertiary/aromatic N) is 2. The molecule has 2 heterocycles. The molecule has 0 aliphatic carbocycles. The van der Waals surface area contributed by atoms with Crippen LogP contribution in [0.4, 0.5) is 0 Å². The molecule has 0 aliphatic rings. The third kappa shape index (κ3) is 0.986. The maximum Gasteiger partial charge on any atom is 0.377 e. The molecule has 0 fully saturated rings. The Labute approximate surface area is 73.2 Å².